The van der Waals surface area contributed by atoms with Gasteiger partial charge in [0, 0.05) is 6.54 Å². The van der Waals surface area contributed by atoms with E-state index >= 15 is 0 Å². The first kappa shape index (κ1) is 14.6. The smallest absolute Gasteiger partial charge is 0.287 e. The summed E-state index contributed by atoms with van der Waals surface area (Å²) in [6, 6.07) is 16.6. The van der Waals surface area contributed by atoms with E-state index in [1.54, 1.807) is 0 Å². The van der Waals surface area contributed by atoms with Crippen molar-refractivity contribution in [1.82, 2.24) is 5.32 Å². The number of nitrogens with one attached hydrogen (secondary N) is 1. The third-order valence-electron chi connectivity index (χ3n) is 3.41. The maximum Gasteiger partial charge on any atom is 0.287 e. The number of aliphatic hydroxyl groups is 1. The van der Waals surface area contributed by atoms with Crippen LogP contribution in [0.1, 0.15) is 22.2 Å². The molecule has 4 nitrogen and oxygen atoms in total. The van der Waals surface area contributed by atoms with Crippen LogP contribution in [0.15, 0.2) is 59.0 Å². The Morgan fingerprint density at radius 3 is 2.64 bits per heavy atom. The van der Waals surface area contributed by atoms with Crippen LogP contribution in [0.3, 0.4) is 0 Å². The molecule has 1 aromatic heterocycles. The molecule has 3 aromatic rings. The first-order chi connectivity index (χ1) is 10.6. The van der Waals surface area contributed by atoms with E-state index in [9.17, 15) is 9.90 Å². The van der Waals surface area contributed by atoms with Gasteiger partial charge in [0.2, 0.25) is 0 Å². The molecule has 2 aromatic carbocycles. The Kier molecular flexibility index (Phi) is 4.13. The molecule has 2 N–H and O–H groups in total. The Morgan fingerprint density at radius 2 is 1.91 bits per heavy atom. The highest BCUT2D eigenvalue weighted by Crippen LogP contribution is 2.20. The average molecular weight is 316 g/mol. The van der Waals surface area contributed by atoms with Crippen LogP contribution in [-0.2, 0) is 0 Å². The number of hydrogen-bond acceptors (Lipinski definition) is 3. The lowest BCUT2D eigenvalue weighted by Crippen LogP contribution is -2.28. The van der Waals surface area contributed by atoms with E-state index < -0.39 is 12.0 Å². The average Bonchev–Trinajstić information content (AvgIpc) is 2.98. The second kappa shape index (κ2) is 6.22. The second-order valence-corrected chi connectivity index (χ2v) is 5.31. The first-order valence-corrected chi connectivity index (χ1v) is 7.21. The number of halogens is 1. The number of fused-ring (bicyclic) bond motifs is 1. The zero-order chi connectivity index (χ0) is 15.5. The van der Waals surface area contributed by atoms with Gasteiger partial charge in [-0.05, 0) is 46.1 Å². The van der Waals surface area contributed by atoms with Gasteiger partial charge < -0.3 is 14.8 Å². The van der Waals surface area contributed by atoms with Crippen molar-refractivity contribution in [1.29, 1.82) is 0 Å². The van der Waals surface area contributed by atoms with Crippen LogP contribution in [-0.4, -0.2) is 17.6 Å². The molecule has 0 aliphatic rings. The van der Waals surface area contributed by atoms with Crippen LogP contribution in [0, 0.1) is 0 Å². The van der Waals surface area contributed by atoms with Crippen LogP contribution < -0.4 is 5.32 Å². The third-order valence-corrected chi connectivity index (χ3v) is 3.61. The fourth-order valence-corrected chi connectivity index (χ4v) is 2.39. The molecule has 0 aliphatic heterocycles. The number of hydrogen-bond donors (Lipinski definition) is 2. The van der Waals surface area contributed by atoms with Crippen molar-refractivity contribution in [2.45, 2.75) is 6.10 Å². The van der Waals surface area contributed by atoms with Crippen LogP contribution in [0.2, 0.25) is 5.22 Å². The van der Waals surface area contributed by atoms with Gasteiger partial charge >= 0.3 is 0 Å². The summed E-state index contributed by atoms with van der Waals surface area (Å²) in [6.07, 6.45) is -0.793. The topological polar surface area (TPSA) is 62.5 Å². The van der Waals surface area contributed by atoms with Crippen molar-refractivity contribution < 1.29 is 14.3 Å². The number of aliphatic hydroxyl groups excluding tert-OH is 1. The van der Waals surface area contributed by atoms with Gasteiger partial charge in [0.05, 0.1) is 6.10 Å². The summed E-state index contributed by atoms with van der Waals surface area (Å²) in [5.41, 5.74) is 0.747. The van der Waals surface area contributed by atoms with Gasteiger partial charge in [-0.25, -0.2) is 0 Å². The molecule has 1 heterocycles. The lowest BCUT2D eigenvalue weighted by Gasteiger charge is -2.12. The monoisotopic (exact) mass is 315 g/mol. The van der Waals surface area contributed by atoms with Crippen molar-refractivity contribution in [2.75, 3.05) is 6.54 Å². The van der Waals surface area contributed by atoms with Gasteiger partial charge in [0.15, 0.2) is 11.0 Å². The SMILES string of the molecule is O=C(NCC(O)c1ccc2ccccc2c1)c1ccc(Cl)o1. The van der Waals surface area contributed by atoms with E-state index in [2.05, 4.69) is 5.32 Å². The number of furan rings is 1. The molecule has 1 amide bonds. The summed E-state index contributed by atoms with van der Waals surface area (Å²) in [4.78, 5) is 11.8. The van der Waals surface area contributed by atoms with E-state index in [4.69, 9.17) is 16.0 Å². The number of benzene rings is 2. The summed E-state index contributed by atoms with van der Waals surface area (Å²) in [6.45, 7) is 0.0928. The van der Waals surface area contributed by atoms with Crippen molar-refractivity contribution in [3.63, 3.8) is 0 Å². The molecular formula is C17H14ClNO3. The highest BCUT2D eigenvalue weighted by Gasteiger charge is 2.13. The quantitative estimate of drug-likeness (QED) is 0.774. The molecule has 0 fully saturated rings. The predicted molar refractivity (Wildman–Crippen MR) is 85.0 cm³/mol. The molecule has 1 unspecified atom stereocenters. The second-order valence-electron chi connectivity index (χ2n) is 4.94. The molecule has 3 rings (SSSR count). The van der Waals surface area contributed by atoms with E-state index in [0.717, 1.165) is 16.3 Å². The normalized spacial score (nSPS) is 12.3. The number of rotatable bonds is 4. The van der Waals surface area contributed by atoms with Gasteiger partial charge in [-0.1, -0.05) is 36.4 Å². The van der Waals surface area contributed by atoms with Gasteiger partial charge in [0.25, 0.3) is 5.91 Å². The highest BCUT2D eigenvalue weighted by atomic mass is 35.5. The summed E-state index contributed by atoms with van der Waals surface area (Å²) in [5, 5.41) is 15.1. The van der Waals surface area contributed by atoms with Gasteiger partial charge in [-0.15, -0.1) is 0 Å². The number of carbonyl (C=O) groups is 1. The van der Waals surface area contributed by atoms with E-state index in [-0.39, 0.29) is 17.5 Å². The van der Waals surface area contributed by atoms with Crippen LogP contribution in [0.5, 0.6) is 0 Å². The largest absolute Gasteiger partial charge is 0.440 e. The molecule has 1 atom stereocenters. The van der Waals surface area contributed by atoms with Gasteiger partial charge in [0.1, 0.15) is 0 Å². The van der Waals surface area contributed by atoms with Crippen LogP contribution >= 0.6 is 11.6 Å². The third kappa shape index (κ3) is 3.13. The molecule has 0 saturated heterocycles. The number of amides is 1. The Labute approximate surface area is 132 Å². The molecule has 5 heteroatoms. The lowest BCUT2D eigenvalue weighted by molar-refractivity contribution is 0.0889. The summed E-state index contributed by atoms with van der Waals surface area (Å²) >= 11 is 5.62. The summed E-state index contributed by atoms with van der Waals surface area (Å²) in [5.74, 6) is -0.289. The Hall–Kier alpha value is -2.30. The maximum absolute atomic E-state index is 11.8. The molecule has 112 valence electrons. The predicted octanol–water partition coefficient (Wildman–Crippen LogP) is 3.55. The van der Waals surface area contributed by atoms with Gasteiger partial charge in [-0.3, -0.25) is 4.79 Å². The molecule has 0 aliphatic carbocycles. The minimum Gasteiger partial charge on any atom is -0.440 e. The van der Waals surface area contributed by atoms with Crippen molar-refractivity contribution in [2.24, 2.45) is 0 Å². The molecule has 0 bridgehead atoms. The first-order valence-electron chi connectivity index (χ1n) is 6.84. The molecular weight excluding hydrogens is 302 g/mol. The molecule has 0 spiro atoms. The maximum atomic E-state index is 11.8. The van der Waals surface area contributed by atoms with Gasteiger partial charge in [-0.2, -0.15) is 0 Å². The Balaban J connectivity index is 1.68. The zero-order valence-electron chi connectivity index (χ0n) is 11.6. The minimum atomic E-state index is -0.793. The van der Waals surface area contributed by atoms with E-state index in [1.807, 2.05) is 42.5 Å². The Bertz CT molecular complexity index is 812. The Morgan fingerprint density at radius 1 is 1.14 bits per heavy atom. The van der Waals surface area contributed by atoms with E-state index in [1.165, 1.54) is 12.1 Å². The lowest BCUT2D eigenvalue weighted by atomic mass is 10.0. The van der Waals surface area contributed by atoms with Crippen LogP contribution in [0.4, 0.5) is 0 Å². The molecule has 0 saturated carbocycles. The minimum absolute atomic E-state index is 0.0928. The van der Waals surface area contributed by atoms with Crippen LogP contribution in [0.25, 0.3) is 10.8 Å². The zero-order valence-corrected chi connectivity index (χ0v) is 12.4. The standard InChI is InChI=1S/C17H14ClNO3/c18-16-8-7-15(22-16)17(21)19-10-14(20)13-6-5-11-3-1-2-4-12(11)9-13/h1-9,14,20H,10H2,(H,19,21). The van der Waals surface area contributed by atoms with Crippen molar-refractivity contribution in [3.05, 3.63) is 71.1 Å². The number of carbonyl (C=O) groups excluding carboxylic acids is 1. The van der Waals surface area contributed by atoms with Crippen molar-refractivity contribution >= 4 is 28.3 Å². The fraction of sp³-hybridized carbons (Fsp3) is 0.118. The highest BCUT2D eigenvalue weighted by molar-refractivity contribution is 6.29. The molecule has 22 heavy (non-hydrogen) atoms. The molecule has 0 radical (unpaired) electrons. The van der Waals surface area contributed by atoms with Crippen molar-refractivity contribution in [3.8, 4) is 0 Å². The van der Waals surface area contributed by atoms with E-state index in [0.29, 0.717) is 0 Å². The summed E-state index contributed by atoms with van der Waals surface area (Å²) in [7, 11) is 0. The summed E-state index contributed by atoms with van der Waals surface area (Å²) < 4.78 is 5.01. The fourth-order valence-electron chi connectivity index (χ4n) is 2.25.